The Morgan fingerprint density at radius 3 is 2.55 bits per heavy atom. The van der Waals surface area contributed by atoms with E-state index in [1.54, 1.807) is 24.5 Å². The molecule has 11 heavy (non-hydrogen) atoms. The Hall–Kier alpha value is -0.900. The van der Waals surface area contributed by atoms with E-state index in [1.165, 1.54) is 4.57 Å². The molecular formula is C7H6BrNO2. The molecule has 0 atom stereocenters. The molecule has 4 heteroatoms. The van der Waals surface area contributed by atoms with Gasteiger partial charge in [-0.05, 0) is 0 Å². The van der Waals surface area contributed by atoms with Crippen molar-refractivity contribution in [1.82, 2.24) is 0 Å². The number of hydrogen-bond donors (Lipinski definition) is 0. The second-order valence-corrected chi connectivity index (χ2v) is 2.98. The quantitative estimate of drug-likeness (QED) is 0.624. The molecule has 3 nitrogen and oxygen atoms in total. The molecule has 0 fully saturated rings. The van der Waals surface area contributed by atoms with Gasteiger partial charge in [-0.1, -0.05) is 15.9 Å². The fraction of sp³-hybridized carbons (Fsp3) is 0.143. The number of carboxylic acids is 1. The first kappa shape index (κ1) is 8.20. The normalized spacial score (nSPS) is 9.55. The van der Waals surface area contributed by atoms with Gasteiger partial charge >= 0.3 is 0 Å². The van der Waals surface area contributed by atoms with Crippen LogP contribution in [0.2, 0.25) is 0 Å². The van der Waals surface area contributed by atoms with Gasteiger partial charge < -0.3 is 9.90 Å². The van der Waals surface area contributed by atoms with Crippen molar-refractivity contribution in [2.45, 2.75) is 6.54 Å². The van der Waals surface area contributed by atoms with E-state index in [0.717, 1.165) is 4.47 Å². The summed E-state index contributed by atoms with van der Waals surface area (Å²) in [7, 11) is 0. The number of rotatable bonds is 2. The van der Waals surface area contributed by atoms with Crippen LogP contribution >= 0.6 is 15.9 Å². The Morgan fingerprint density at radius 2 is 2.09 bits per heavy atom. The molecular weight excluding hydrogens is 210 g/mol. The van der Waals surface area contributed by atoms with Gasteiger partial charge in [0.25, 0.3) is 0 Å². The van der Waals surface area contributed by atoms with E-state index < -0.39 is 5.97 Å². The molecule has 58 valence electrons. The molecule has 0 aliphatic rings. The summed E-state index contributed by atoms with van der Waals surface area (Å²) < 4.78 is 2.45. The molecule has 0 saturated carbocycles. The second-order valence-electron chi connectivity index (χ2n) is 2.06. The lowest BCUT2D eigenvalue weighted by atomic mass is 10.5. The van der Waals surface area contributed by atoms with Crippen molar-refractivity contribution in [3.05, 3.63) is 29.0 Å². The number of halogens is 1. The third kappa shape index (κ3) is 2.67. The van der Waals surface area contributed by atoms with Crippen LogP contribution in [0, 0.1) is 0 Å². The third-order valence-electron chi connectivity index (χ3n) is 1.16. The van der Waals surface area contributed by atoms with E-state index >= 15 is 0 Å². The molecule has 0 aromatic carbocycles. The SMILES string of the molecule is O=C([O-])C[n+]1ccc(Br)cc1. The average Bonchev–Trinajstić information content (AvgIpc) is 1.93. The van der Waals surface area contributed by atoms with E-state index in [2.05, 4.69) is 15.9 Å². The van der Waals surface area contributed by atoms with Gasteiger partial charge in [0.1, 0.15) is 5.97 Å². The summed E-state index contributed by atoms with van der Waals surface area (Å²) >= 11 is 3.24. The molecule has 0 unspecified atom stereocenters. The smallest absolute Gasteiger partial charge is 0.187 e. The standard InChI is InChI=1S/C7H6BrNO2/c8-6-1-3-9(4-2-6)5-7(10)11/h1-4H,5H2. The number of aliphatic carboxylic acids is 1. The van der Waals surface area contributed by atoms with Gasteiger partial charge in [0.05, 0.1) is 0 Å². The Morgan fingerprint density at radius 1 is 1.55 bits per heavy atom. The van der Waals surface area contributed by atoms with Gasteiger partial charge in [0.2, 0.25) is 0 Å². The van der Waals surface area contributed by atoms with Gasteiger partial charge in [0.15, 0.2) is 18.9 Å². The lowest BCUT2D eigenvalue weighted by molar-refractivity contribution is -0.690. The first-order chi connectivity index (χ1) is 5.18. The van der Waals surface area contributed by atoms with Crippen molar-refractivity contribution in [3.63, 3.8) is 0 Å². The lowest BCUT2D eigenvalue weighted by Gasteiger charge is -1.96. The van der Waals surface area contributed by atoms with Crippen LogP contribution in [0.15, 0.2) is 29.0 Å². The average molecular weight is 216 g/mol. The number of pyridine rings is 1. The van der Waals surface area contributed by atoms with Crippen LogP contribution in [0.4, 0.5) is 0 Å². The van der Waals surface area contributed by atoms with Crippen LogP contribution in [-0.2, 0) is 11.3 Å². The van der Waals surface area contributed by atoms with Crippen molar-refractivity contribution in [2.75, 3.05) is 0 Å². The molecule has 1 rings (SSSR count). The summed E-state index contributed by atoms with van der Waals surface area (Å²) in [6.07, 6.45) is 3.33. The topological polar surface area (TPSA) is 44.0 Å². The summed E-state index contributed by atoms with van der Waals surface area (Å²) in [5.41, 5.74) is 0. The summed E-state index contributed by atoms with van der Waals surface area (Å²) in [4.78, 5) is 10.1. The fourth-order valence-electron chi connectivity index (χ4n) is 0.694. The van der Waals surface area contributed by atoms with Crippen molar-refractivity contribution in [2.24, 2.45) is 0 Å². The van der Waals surface area contributed by atoms with Crippen LogP contribution in [0.3, 0.4) is 0 Å². The van der Waals surface area contributed by atoms with Gasteiger partial charge in [0, 0.05) is 16.6 Å². The van der Waals surface area contributed by atoms with Crippen LogP contribution in [0.5, 0.6) is 0 Å². The Labute approximate surface area is 72.4 Å². The molecule has 0 N–H and O–H groups in total. The molecule has 1 heterocycles. The van der Waals surface area contributed by atoms with Crippen LogP contribution in [0.25, 0.3) is 0 Å². The molecule has 1 aromatic heterocycles. The Bertz CT molecular complexity index is 258. The second kappa shape index (κ2) is 3.48. The minimum Gasteiger partial charge on any atom is -0.544 e. The highest BCUT2D eigenvalue weighted by atomic mass is 79.9. The molecule has 0 amide bonds. The number of carbonyl (C=O) groups excluding carboxylic acids is 1. The van der Waals surface area contributed by atoms with Crippen molar-refractivity contribution in [1.29, 1.82) is 0 Å². The van der Waals surface area contributed by atoms with Crippen LogP contribution in [0.1, 0.15) is 0 Å². The molecule has 0 saturated heterocycles. The van der Waals surface area contributed by atoms with Crippen molar-refractivity contribution in [3.8, 4) is 0 Å². The van der Waals surface area contributed by atoms with Gasteiger partial charge in [-0.3, -0.25) is 0 Å². The zero-order valence-corrected chi connectivity index (χ0v) is 7.24. The van der Waals surface area contributed by atoms with E-state index in [1.807, 2.05) is 0 Å². The Kier molecular flexibility index (Phi) is 2.59. The van der Waals surface area contributed by atoms with Gasteiger partial charge in [-0.25, -0.2) is 0 Å². The molecule has 0 spiro atoms. The van der Waals surface area contributed by atoms with E-state index in [-0.39, 0.29) is 6.54 Å². The fourth-order valence-corrected chi connectivity index (χ4v) is 0.930. The summed E-state index contributed by atoms with van der Waals surface area (Å²) in [5, 5.41) is 10.1. The monoisotopic (exact) mass is 215 g/mol. The Balaban J connectivity index is 2.74. The van der Waals surface area contributed by atoms with Crippen molar-refractivity contribution >= 4 is 21.9 Å². The maximum absolute atomic E-state index is 10.1. The minimum atomic E-state index is -1.09. The molecule has 0 radical (unpaired) electrons. The highest BCUT2D eigenvalue weighted by Gasteiger charge is 1.97. The predicted octanol–water partition coefficient (Wildman–Crippen LogP) is -0.514. The first-order valence-corrected chi connectivity index (χ1v) is 3.82. The molecule has 0 aliphatic carbocycles. The number of aromatic nitrogens is 1. The van der Waals surface area contributed by atoms with Gasteiger partial charge in [-0.15, -0.1) is 0 Å². The van der Waals surface area contributed by atoms with Gasteiger partial charge in [-0.2, -0.15) is 4.57 Å². The summed E-state index contributed by atoms with van der Waals surface area (Å²) in [6.45, 7) is -0.104. The van der Waals surface area contributed by atoms with E-state index in [4.69, 9.17) is 0 Å². The van der Waals surface area contributed by atoms with Crippen LogP contribution in [-0.4, -0.2) is 5.97 Å². The number of carbonyl (C=O) groups is 1. The zero-order chi connectivity index (χ0) is 8.27. The number of hydrogen-bond acceptors (Lipinski definition) is 2. The zero-order valence-electron chi connectivity index (χ0n) is 5.66. The maximum Gasteiger partial charge on any atom is 0.187 e. The summed E-state index contributed by atoms with van der Waals surface area (Å²) in [6, 6.07) is 3.53. The summed E-state index contributed by atoms with van der Waals surface area (Å²) in [5.74, 6) is -1.09. The third-order valence-corrected chi connectivity index (χ3v) is 1.69. The maximum atomic E-state index is 10.1. The number of carboxylic acid groups (broad SMARTS) is 1. The lowest BCUT2D eigenvalue weighted by Crippen LogP contribution is -2.43. The first-order valence-electron chi connectivity index (χ1n) is 3.03. The molecule has 0 bridgehead atoms. The van der Waals surface area contributed by atoms with Crippen LogP contribution < -0.4 is 9.67 Å². The predicted molar refractivity (Wildman–Crippen MR) is 39.3 cm³/mol. The molecule has 1 aromatic rings. The highest BCUT2D eigenvalue weighted by molar-refractivity contribution is 9.10. The number of nitrogens with zero attached hydrogens (tertiary/aromatic N) is 1. The van der Waals surface area contributed by atoms with Crippen molar-refractivity contribution < 1.29 is 14.5 Å². The highest BCUT2D eigenvalue weighted by Crippen LogP contribution is 2.03. The van der Waals surface area contributed by atoms with E-state index in [0.29, 0.717) is 0 Å². The van der Waals surface area contributed by atoms with E-state index in [9.17, 15) is 9.90 Å². The largest absolute Gasteiger partial charge is 0.544 e. The molecule has 0 aliphatic heterocycles. The minimum absolute atomic E-state index is 0.104.